The molecule has 0 saturated heterocycles. The second-order valence-corrected chi connectivity index (χ2v) is 9.98. The van der Waals surface area contributed by atoms with Gasteiger partial charge in [-0.1, -0.05) is 70.4 Å². The van der Waals surface area contributed by atoms with Crippen LogP contribution in [0.25, 0.3) is 0 Å². The Balaban J connectivity index is 2.10. The third-order valence-corrected chi connectivity index (χ3v) is 6.80. The van der Waals surface area contributed by atoms with Gasteiger partial charge >= 0.3 is 0 Å². The van der Waals surface area contributed by atoms with Crippen LogP contribution in [0.3, 0.4) is 0 Å². The Morgan fingerprint density at radius 1 is 1.03 bits per heavy atom. The summed E-state index contributed by atoms with van der Waals surface area (Å²) in [7, 11) is -3.45. The number of aryl methyl sites for hydroxylation is 1. The molecule has 0 spiro atoms. The van der Waals surface area contributed by atoms with Crippen LogP contribution in [0.5, 0.6) is 0 Å². The summed E-state index contributed by atoms with van der Waals surface area (Å²) in [5.41, 5.74) is 3.11. The van der Waals surface area contributed by atoms with Crippen molar-refractivity contribution in [3.8, 4) is 0 Å². The third-order valence-electron chi connectivity index (χ3n) is 5.68. The number of hydrogen-bond acceptors (Lipinski definition) is 3. The number of hydrogen-bond donors (Lipinski definition) is 1. The Labute approximate surface area is 187 Å². The van der Waals surface area contributed by atoms with Crippen LogP contribution in [0.1, 0.15) is 67.9 Å². The normalized spacial score (nSPS) is 12.4. The van der Waals surface area contributed by atoms with Crippen LogP contribution >= 0.6 is 0 Å². The van der Waals surface area contributed by atoms with Gasteiger partial charge in [0, 0.05) is 12.1 Å². The van der Waals surface area contributed by atoms with Gasteiger partial charge < -0.3 is 5.32 Å². The van der Waals surface area contributed by atoms with Crippen LogP contribution in [0.15, 0.2) is 48.5 Å². The van der Waals surface area contributed by atoms with Gasteiger partial charge in [0.25, 0.3) is 5.91 Å². The number of benzene rings is 2. The first-order valence-electron chi connectivity index (χ1n) is 11.2. The lowest BCUT2D eigenvalue weighted by atomic mass is 9.99. The quantitative estimate of drug-likeness (QED) is 0.492. The van der Waals surface area contributed by atoms with Crippen LogP contribution in [-0.2, 0) is 23.0 Å². The molecule has 0 aliphatic carbocycles. The molecule has 1 N–H and O–H groups in total. The molecule has 0 saturated carbocycles. The molecule has 0 aliphatic heterocycles. The van der Waals surface area contributed by atoms with Gasteiger partial charge in [-0.15, -0.1) is 0 Å². The van der Waals surface area contributed by atoms with Gasteiger partial charge in [0.1, 0.15) is 0 Å². The average molecular weight is 445 g/mol. The predicted molar refractivity (Wildman–Crippen MR) is 129 cm³/mol. The van der Waals surface area contributed by atoms with E-state index in [0.29, 0.717) is 23.7 Å². The van der Waals surface area contributed by atoms with Crippen LogP contribution < -0.4 is 9.62 Å². The maximum absolute atomic E-state index is 12.5. The van der Waals surface area contributed by atoms with E-state index in [-0.39, 0.29) is 12.5 Å². The first-order valence-corrected chi connectivity index (χ1v) is 13.1. The number of para-hydroxylation sites is 1. The van der Waals surface area contributed by atoms with Crippen LogP contribution in [0.4, 0.5) is 5.69 Å². The number of carbonyl (C=O) groups excluding carboxylic acids is 1. The fraction of sp³-hybridized carbons (Fsp3) is 0.480. The van der Waals surface area contributed by atoms with Crippen molar-refractivity contribution < 1.29 is 13.2 Å². The molecule has 0 aliphatic rings. The first kappa shape index (κ1) is 24.9. The number of rotatable bonds is 12. The van der Waals surface area contributed by atoms with Crippen molar-refractivity contribution in [1.82, 2.24) is 5.32 Å². The zero-order valence-electron chi connectivity index (χ0n) is 19.2. The number of sulfonamides is 1. The molecular formula is C25H36N2O3S. The standard InChI is InChI=1S/C25H36N2O3S/c1-5-8-11-20(6-2)18-26-25(28)23-16-14-21(15-17-23)19-27(31(4,29)30)24-13-10-9-12-22(24)7-3/h9-10,12-17,20H,5-8,11,18-19H2,1-4H3,(H,26,28)/t20-/m0/s1. The highest BCUT2D eigenvalue weighted by atomic mass is 32.2. The number of amides is 1. The Morgan fingerprint density at radius 2 is 1.71 bits per heavy atom. The maximum Gasteiger partial charge on any atom is 0.251 e. The average Bonchev–Trinajstić information content (AvgIpc) is 2.77. The summed E-state index contributed by atoms with van der Waals surface area (Å²) in [6, 6.07) is 14.8. The van der Waals surface area contributed by atoms with E-state index in [9.17, 15) is 13.2 Å². The van der Waals surface area contributed by atoms with Crippen molar-refractivity contribution in [3.63, 3.8) is 0 Å². The molecule has 170 valence electrons. The summed E-state index contributed by atoms with van der Waals surface area (Å²) >= 11 is 0. The van der Waals surface area contributed by atoms with E-state index in [1.807, 2.05) is 43.3 Å². The lowest BCUT2D eigenvalue weighted by molar-refractivity contribution is 0.0946. The molecule has 2 rings (SSSR count). The second kappa shape index (κ2) is 11.9. The molecule has 1 amide bonds. The number of unbranched alkanes of at least 4 members (excludes halogenated alkanes) is 1. The van der Waals surface area contributed by atoms with Gasteiger partial charge in [-0.25, -0.2) is 8.42 Å². The van der Waals surface area contributed by atoms with Crippen molar-refractivity contribution in [2.75, 3.05) is 17.1 Å². The lowest BCUT2D eigenvalue weighted by Crippen LogP contribution is -2.30. The van der Waals surface area contributed by atoms with Crippen LogP contribution in [0.2, 0.25) is 0 Å². The van der Waals surface area contributed by atoms with E-state index in [2.05, 4.69) is 19.2 Å². The largest absolute Gasteiger partial charge is 0.352 e. The van der Waals surface area contributed by atoms with Crippen molar-refractivity contribution in [2.45, 2.75) is 59.4 Å². The van der Waals surface area contributed by atoms with E-state index in [0.717, 1.165) is 30.4 Å². The molecule has 2 aromatic carbocycles. The fourth-order valence-corrected chi connectivity index (χ4v) is 4.56. The van der Waals surface area contributed by atoms with Gasteiger partial charge in [0.2, 0.25) is 10.0 Å². The topological polar surface area (TPSA) is 66.5 Å². The highest BCUT2D eigenvalue weighted by Gasteiger charge is 2.20. The molecule has 0 radical (unpaired) electrons. The van der Waals surface area contributed by atoms with E-state index in [4.69, 9.17) is 0 Å². The van der Waals surface area contributed by atoms with Crippen molar-refractivity contribution in [1.29, 1.82) is 0 Å². The zero-order chi connectivity index (χ0) is 22.9. The molecule has 1 atom stereocenters. The maximum atomic E-state index is 12.5. The smallest absolute Gasteiger partial charge is 0.251 e. The highest BCUT2D eigenvalue weighted by molar-refractivity contribution is 7.92. The minimum absolute atomic E-state index is 0.0854. The first-order chi connectivity index (χ1) is 14.8. The van der Waals surface area contributed by atoms with Gasteiger partial charge in [-0.05, 0) is 48.1 Å². The van der Waals surface area contributed by atoms with E-state index >= 15 is 0 Å². The molecular weight excluding hydrogens is 408 g/mol. The van der Waals surface area contributed by atoms with Crippen LogP contribution in [-0.4, -0.2) is 27.1 Å². The number of carbonyl (C=O) groups is 1. The Morgan fingerprint density at radius 3 is 2.29 bits per heavy atom. The monoisotopic (exact) mass is 444 g/mol. The molecule has 6 heteroatoms. The minimum atomic E-state index is -3.45. The summed E-state index contributed by atoms with van der Waals surface area (Å²) < 4.78 is 26.4. The van der Waals surface area contributed by atoms with E-state index < -0.39 is 10.0 Å². The highest BCUT2D eigenvalue weighted by Crippen LogP contribution is 2.25. The third kappa shape index (κ3) is 7.39. The van der Waals surface area contributed by atoms with Crippen molar-refractivity contribution in [3.05, 3.63) is 65.2 Å². The summed E-state index contributed by atoms with van der Waals surface area (Å²) in [4.78, 5) is 12.5. The summed E-state index contributed by atoms with van der Waals surface area (Å²) in [6.45, 7) is 7.27. The number of nitrogens with zero attached hydrogens (tertiary/aromatic N) is 1. The summed E-state index contributed by atoms with van der Waals surface area (Å²) in [5, 5.41) is 3.04. The van der Waals surface area contributed by atoms with E-state index in [1.165, 1.54) is 23.4 Å². The summed E-state index contributed by atoms with van der Waals surface area (Å²) in [5.74, 6) is 0.419. The molecule has 2 aromatic rings. The van der Waals surface area contributed by atoms with Crippen molar-refractivity contribution in [2.24, 2.45) is 5.92 Å². The Bertz CT molecular complexity index is 939. The summed E-state index contributed by atoms with van der Waals surface area (Å²) in [6.07, 6.45) is 6.51. The number of nitrogens with one attached hydrogen (secondary N) is 1. The van der Waals surface area contributed by atoms with Gasteiger partial charge in [-0.3, -0.25) is 9.10 Å². The van der Waals surface area contributed by atoms with Gasteiger partial charge in [0.15, 0.2) is 0 Å². The molecule has 0 bridgehead atoms. The Kier molecular flexibility index (Phi) is 9.56. The van der Waals surface area contributed by atoms with Gasteiger partial charge in [0.05, 0.1) is 18.5 Å². The molecule has 31 heavy (non-hydrogen) atoms. The molecule has 0 fully saturated rings. The lowest BCUT2D eigenvalue weighted by Gasteiger charge is -2.25. The molecule has 0 aromatic heterocycles. The van der Waals surface area contributed by atoms with Crippen molar-refractivity contribution >= 4 is 21.6 Å². The van der Waals surface area contributed by atoms with E-state index in [1.54, 1.807) is 12.1 Å². The van der Waals surface area contributed by atoms with Gasteiger partial charge in [-0.2, -0.15) is 0 Å². The Hall–Kier alpha value is -2.34. The zero-order valence-corrected chi connectivity index (χ0v) is 20.0. The number of anilines is 1. The SMILES string of the molecule is CCCC[C@H](CC)CNC(=O)c1ccc(CN(c2ccccc2CC)S(C)(=O)=O)cc1. The fourth-order valence-electron chi connectivity index (χ4n) is 3.64. The molecule has 0 heterocycles. The predicted octanol–water partition coefficient (Wildman–Crippen LogP) is 5.16. The minimum Gasteiger partial charge on any atom is -0.352 e. The van der Waals surface area contributed by atoms with Crippen LogP contribution in [0, 0.1) is 5.92 Å². The molecule has 5 nitrogen and oxygen atoms in total. The molecule has 0 unspecified atom stereocenters. The second-order valence-electron chi connectivity index (χ2n) is 8.08.